The second-order valence-corrected chi connectivity index (χ2v) is 7.44. The van der Waals surface area contributed by atoms with Gasteiger partial charge in [0, 0.05) is 20.2 Å². The van der Waals surface area contributed by atoms with Gasteiger partial charge in [-0.15, -0.1) is 0 Å². The highest BCUT2D eigenvalue weighted by Gasteiger charge is 2.24. The van der Waals surface area contributed by atoms with Gasteiger partial charge < -0.3 is 15.0 Å². The number of carbonyl (C=O) groups excluding carboxylic acids is 2. The summed E-state index contributed by atoms with van der Waals surface area (Å²) in [7, 11) is 1.78. The Morgan fingerprint density at radius 3 is 2.57 bits per heavy atom. The first-order valence-electron chi connectivity index (χ1n) is 9.50. The standard InChI is InChI=1S/C22H25ClN2O3/c1-25(15-17-10-7-13-28-17)21(26)14-20(16-8-3-2-4-9-16)24-22(27)18-11-5-6-12-19(18)23/h2-6,8-9,11-12,17,20H,7,10,13-15H2,1H3,(H,24,27). The van der Waals surface area contributed by atoms with E-state index in [1.165, 1.54) is 0 Å². The van der Waals surface area contributed by atoms with Crippen LogP contribution in [0.5, 0.6) is 0 Å². The average Bonchev–Trinajstić information content (AvgIpc) is 3.21. The average molecular weight is 401 g/mol. The van der Waals surface area contributed by atoms with E-state index in [4.69, 9.17) is 16.3 Å². The SMILES string of the molecule is CN(CC1CCCO1)C(=O)CC(NC(=O)c1ccccc1Cl)c1ccccc1. The number of carbonyl (C=O) groups is 2. The molecule has 1 saturated heterocycles. The van der Waals surface area contributed by atoms with Gasteiger partial charge in [-0.2, -0.15) is 0 Å². The van der Waals surface area contributed by atoms with Gasteiger partial charge in [-0.3, -0.25) is 9.59 Å². The van der Waals surface area contributed by atoms with Crippen LogP contribution in [0.4, 0.5) is 0 Å². The molecule has 2 unspecified atom stereocenters. The topological polar surface area (TPSA) is 58.6 Å². The predicted octanol–water partition coefficient (Wildman–Crippen LogP) is 3.84. The van der Waals surface area contributed by atoms with Crippen molar-refractivity contribution in [2.75, 3.05) is 20.2 Å². The van der Waals surface area contributed by atoms with E-state index in [0.29, 0.717) is 17.1 Å². The fourth-order valence-electron chi connectivity index (χ4n) is 3.34. The zero-order chi connectivity index (χ0) is 19.9. The van der Waals surface area contributed by atoms with Crippen molar-refractivity contribution < 1.29 is 14.3 Å². The summed E-state index contributed by atoms with van der Waals surface area (Å²) < 4.78 is 5.62. The Hall–Kier alpha value is -2.37. The Labute approximate surface area is 170 Å². The molecule has 3 rings (SSSR count). The van der Waals surface area contributed by atoms with Crippen molar-refractivity contribution in [3.63, 3.8) is 0 Å². The molecule has 0 aliphatic carbocycles. The second kappa shape index (κ2) is 9.71. The van der Waals surface area contributed by atoms with Crippen LogP contribution in [0.25, 0.3) is 0 Å². The van der Waals surface area contributed by atoms with Crippen LogP contribution in [0.15, 0.2) is 54.6 Å². The van der Waals surface area contributed by atoms with E-state index in [1.54, 1.807) is 36.2 Å². The maximum Gasteiger partial charge on any atom is 0.253 e. The number of benzene rings is 2. The zero-order valence-electron chi connectivity index (χ0n) is 15.9. The van der Waals surface area contributed by atoms with Gasteiger partial charge in [0.2, 0.25) is 5.91 Å². The maximum absolute atomic E-state index is 12.8. The number of nitrogens with zero attached hydrogens (tertiary/aromatic N) is 1. The van der Waals surface area contributed by atoms with Gasteiger partial charge in [0.1, 0.15) is 0 Å². The third-order valence-corrected chi connectivity index (χ3v) is 5.26. The third-order valence-electron chi connectivity index (χ3n) is 4.93. The van der Waals surface area contributed by atoms with Crippen molar-refractivity contribution in [1.29, 1.82) is 0 Å². The van der Waals surface area contributed by atoms with Crippen LogP contribution in [-0.4, -0.2) is 43.0 Å². The molecule has 5 nitrogen and oxygen atoms in total. The van der Waals surface area contributed by atoms with Crippen molar-refractivity contribution in [3.05, 3.63) is 70.7 Å². The van der Waals surface area contributed by atoms with Crippen LogP contribution in [0, 0.1) is 0 Å². The Kier molecular flexibility index (Phi) is 7.06. The molecule has 1 fully saturated rings. The molecule has 0 aromatic heterocycles. The quantitative estimate of drug-likeness (QED) is 0.768. The first kappa shape index (κ1) is 20.4. The van der Waals surface area contributed by atoms with E-state index in [-0.39, 0.29) is 24.3 Å². The zero-order valence-corrected chi connectivity index (χ0v) is 16.7. The Morgan fingerprint density at radius 2 is 1.89 bits per heavy atom. The summed E-state index contributed by atoms with van der Waals surface area (Å²) in [6.07, 6.45) is 2.28. The van der Waals surface area contributed by atoms with E-state index in [1.807, 2.05) is 30.3 Å². The second-order valence-electron chi connectivity index (χ2n) is 7.03. The number of hydrogen-bond acceptors (Lipinski definition) is 3. The first-order valence-corrected chi connectivity index (χ1v) is 9.88. The molecule has 148 valence electrons. The maximum atomic E-state index is 12.8. The number of likely N-dealkylation sites (N-methyl/N-ethyl adjacent to an activating group) is 1. The summed E-state index contributed by atoms with van der Waals surface area (Å²) >= 11 is 6.15. The predicted molar refractivity (Wildman–Crippen MR) is 109 cm³/mol. The fraction of sp³-hybridized carbons (Fsp3) is 0.364. The molecule has 0 bridgehead atoms. The number of hydrogen-bond donors (Lipinski definition) is 1. The molecule has 2 amide bonds. The van der Waals surface area contributed by atoms with E-state index < -0.39 is 6.04 Å². The minimum absolute atomic E-state index is 0.0381. The highest BCUT2D eigenvalue weighted by atomic mass is 35.5. The lowest BCUT2D eigenvalue weighted by molar-refractivity contribution is -0.131. The number of nitrogens with one attached hydrogen (secondary N) is 1. The van der Waals surface area contributed by atoms with Gasteiger partial charge in [0.25, 0.3) is 5.91 Å². The molecule has 1 N–H and O–H groups in total. The molecule has 0 saturated carbocycles. The molecule has 28 heavy (non-hydrogen) atoms. The van der Waals surface area contributed by atoms with Gasteiger partial charge in [-0.25, -0.2) is 0 Å². The summed E-state index contributed by atoms with van der Waals surface area (Å²) in [5.74, 6) is -0.335. The molecule has 6 heteroatoms. The van der Waals surface area contributed by atoms with Crippen LogP contribution in [0.2, 0.25) is 5.02 Å². The fourth-order valence-corrected chi connectivity index (χ4v) is 3.57. The van der Waals surface area contributed by atoms with Gasteiger partial charge in [0.05, 0.1) is 29.2 Å². The largest absolute Gasteiger partial charge is 0.376 e. The van der Waals surface area contributed by atoms with E-state index in [2.05, 4.69) is 5.32 Å². The number of ether oxygens (including phenoxy) is 1. The van der Waals surface area contributed by atoms with Crippen molar-refractivity contribution >= 4 is 23.4 Å². The number of rotatable bonds is 7. The van der Waals surface area contributed by atoms with Gasteiger partial charge >= 0.3 is 0 Å². The van der Waals surface area contributed by atoms with Crippen LogP contribution in [-0.2, 0) is 9.53 Å². The third kappa shape index (κ3) is 5.33. The number of halogens is 1. The Balaban J connectivity index is 1.71. The minimum Gasteiger partial charge on any atom is -0.376 e. The monoisotopic (exact) mass is 400 g/mol. The van der Waals surface area contributed by atoms with E-state index in [0.717, 1.165) is 25.0 Å². The summed E-state index contributed by atoms with van der Waals surface area (Å²) in [5, 5.41) is 3.35. The minimum atomic E-state index is -0.440. The summed E-state index contributed by atoms with van der Waals surface area (Å²) in [5.41, 5.74) is 1.27. The Bertz CT molecular complexity index is 806. The van der Waals surface area contributed by atoms with E-state index in [9.17, 15) is 9.59 Å². The van der Waals surface area contributed by atoms with Crippen LogP contribution >= 0.6 is 11.6 Å². The summed E-state index contributed by atoms with van der Waals surface area (Å²) in [6, 6.07) is 16.0. The highest BCUT2D eigenvalue weighted by Crippen LogP contribution is 2.21. The molecular formula is C22H25ClN2O3. The van der Waals surface area contributed by atoms with Crippen molar-refractivity contribution in [3.8, 4) is 0 Å². The van der Waals surface area contributed by atoms with Gasteiger partial charge in [-0.1, -0.05) is 54.1 Å². The molecule has 2 aromatic carbocycles. The lowest BCUT2D eigenvalue weighted by Gasteiger charge is -2.25. The smallest absolute Gasteiger partial charge is 0.253 e. The highest BCUT2D eigenvalue weighted by molar-refractivity contribution is 6.33. The van der Waals surface area contributed by atoms with Crippen LogP contribution < -0.4 is 5.32 Å². The summed E-state index contributed by atoms with van der Waals surface area (Å²) in [6.45, 7) is 1.33. The molecule has 2 aromatic rings. The molecular weight excluding hydrogens is 376 g/mol. The molecule has 0 radical (unpaired) electrons. The molecule has 2 atom stereocenters. The van der Waals surface area contributed by atoms with Crippen LogP contribution in [0.1, 0.15) is 41.2 Å². The van der Waals surface area contributed by atoms with Crippen molar-refractivity contribution in [2.24, 2.45) is 0 Å². The molecule has 1 heterocycles. The van der Waals surface area contributed by atoms with Crippen molar-refractivity contribution in [2.45, 2.75) is 31.4 Å². The molecule has 0 spiro atoms. The lowest BCUT2D eigenvalue weighted by atomic mass is 10.0. The van der Waals surface area contributed by atoms with E-state index >= 15 is 0 Å². The van der Waals surface area contributed by atoms with Gasteiger partial charge in [-0.05, 0) is 30.5 Å². The van der Waals surface area contributed by atoms with Gasteiger partial charge in [0.15, 0.2) is 0 Å². The number of amides is 2. The summed E-state index contributed by atoms with van der Waals surface area (Å²) in [4.78, 5) is 27.2. The lowest BCUT2D eigenvalue weighted by Crippen LogP contribution is -2.38. The molecule has 1 aliphatic heterocycles. The Morgan fingerprint density at radius 1 is 1.18 bits per heavy atom. The first-order chi connectivity index (χ1) is 13.5. The van der Waals surface area contributed by atoms with Crippen LogP contribution in [0.3, 0.4) is 0 Å². The normalized spacial score (nSPS) is 17.1. The molecule has 1 aliphatic rings. The van der Waals surface area contributed by atoms with Crippen molar-refractivity contribution in [1.82, 2.24) is 10.2 Å².